The van der Waals surface area contributed by atoms with Crippen molar-refractivity contribution < 1.29 is 8.83 Å². The van der Waals surface area contributed by atoms with Gasteiger partial charge >= 0.3 is 0 Å². The van der Waals surface area contributed by atoms with Gasteiger partial charge in [0, 0.05) is 43.9 Å². The molecule has 0 saturated carbocycles. The van der Waals surface area contributed by atoms with E-state index in [9.17, 15) is 0 Å². The van der Waals surface area contributed by atoms with Crippen LogP contribution in [0.25, 0.3) is 76.9 Å². The molecule has 0 fully saturated rings. The molecular formula is C49H33NO2. The minimum absolute atomic E-state index is 0.137. The highest BCUT2D eigenvalue weighted by atomic mass is 16.3. The maximum Gasteiger partial charge on any atom is 0.136 e. The second-order valence-corrected chi connectivity index (χ2v) is 14.5. The lowest BCUT2D eigenvalue weighted by molar-refractivity contribution is 0.660. The van der Waals surface area contributed by atoms with Gasteiger partial charge in [0.05, 0.1) is 5.69 Å². The third-order valence-corrected chi connectivity index (χ3v) is 11.2. The van der Waals surface area contributed by atoms with Gasteiger partial charge in [-0.3, -0.25) is 0 Å². The SMILES string of the molecule is CC1(C)c2ccccc2-c2ccc(N(c3ccc4oc5ccccc5c4c3)c3ccccc3-c3cccc4oc5cc6ccccc6cc5c34)cc21. The van der Waals surface area contributed by atoms with Crippen LogP contribution >= 0.6 is 0 Å². The van der Waals surface area contributed by atoms with Crippen molar-refractivity contribution in [3.63, 3.8) is 0 Å². The van der Waals surface area contributed by atoms with E-state index in [2.05, 4.69) is 170 Å². The summed E-state index contributed by atoms with van der Waals surface area (Å²) in [6, 6.07) is 58.9. The van der Waals surface area contributed by atoms with E-state index >= 15 is 0 Å². The molecule has 1 aliphatic rings. The molecule has 0 radical (unpaired) electrons. The Morgan fingerprint density at radius 3 is 1.94 bits per heavy atom. The number of nitrogens with zero attached hydrogens (tertiary/aromatic N) is 1. The lowest BCUT2D eigenvalue weighted by Crippen LogP contribution is -2.16. The summed E-state index contributed by atoms with van der Waals surface area (Å²) in [7, 11) is 0. The summed E-state index contributed by atoms with van der Waals surface area (Å²) in [5.74, 6) is 0. The van der Waals surface area contributed by atoms with Crippen LogP contribution in [0.2, 0.25) is 0 Å². The van der Waals surface area contributed by atoms with Crippen LogP contribution in [0.15, 0.2) is 173 Å². The molecule has 246 valence electrons. The lowest BCUT2D eigenvalue weighted by Gasteiger charge is -2.30. The topological polar surface area (TPSA) is 29.5 Å². The van der Waals surface area contributed by atoms with Crippen molar-refractivity contribution in [2.24, 2.45) is 0 Å². The zero-order valence-corrected chi connectivity index (χ0v) is 28.9. The second kappa shape index (κ2) is 10.7. The predicted octanol–water partition coefficient (Wildman–Crippen LogP) is 14.1. The number of anilines is 3. The van der Waals surface area contributed by atoms with Gasteiger partial charge in [-0.15, -0.1) is 0 Å². The Bertz CT molecular complexity index is 3070. The molecule has 0 atom stereocenters. The first kappa shape index (κ1) is 29.2. The molecule has 10 aromatic rings. The van der Waals surface area contributed by atoms with Crippen LogP contribution < -0.4 is 4.90 Å². The summed E-state index contributed by atoms with van der Waals surface area (Å²) >= 11 is 0. The number of fused-ring (bicyclic) bond motifs is 10. The van der Waals surface area contributed by atoms with Crippen molar-refractivity contribution >= 4 is 71.7 Å². The molecule has 0 unspecified atom stereocenters. The van der Waals surface area contributed by atoms with E-state index < -0.39 is 0 Å². The number of benzene rings is 8. The first-order chi connectivity index (χ1) is 25.5. The van der Waals surface area contributed by atoms with Crippen molar-refractivity contribution in [3.05, 3.63) is 175 Å². The summed E-state index contributed by atoms with van der Waals surface area (Å²) in [4.78, 5) is 2.42. The quantitative estimate of drug-likeness (QED) is 0.187. The number of furan rings is 2. The van der Waals surface area contributed by atoms with E-state index in [4.69, 9.17) is 8.83 Å². The minimum atomic E-state index is -0.137. The van der Waals surface area contributed by atoms with Crippen molar-refractivity contribution in [1.82, 2.24) is 0 Å². The first-order valence-corrected chi connectivity index (χ1v) is 17.9. The molecule has 0 bridgehead atoms. The van der Waals surface area contributed by atoms with Gasteiger partial charge in [0.25, 0.3) is 0 Å². The minimum Gasteiger partial charge on any atom is -0.456 e. The molecule has 8 aromatic carbocycles. The summed E-state index contributed by atoms with van der Waals surface area (Å²) in [6.07, 6.45) is 0. The summed E-state index contributed by atoms with van der Waals surface area (Å²) in [5.41, 5.74) is 14.3. The smallest absolute Gasteiger partial charge is 0.136 e. The first-order valence-electron chi connectivity index (χ1n) is 17.9. The van der Waals surface area contributed by atoms with Crippen molar-refractivity contribution in [3.8, 4) is 22.3 Å². The van der Waals surface area contributed by atoms with Gasteiger partial charge in [-0.2, -0.15) is 0 Å². The molecule has 3 nitrogen and oxygen atoms in total. The molecule has 0 spiro atoms. The zero-order valence-electron chi connectivity index (χ0n) is 28.9. The average molecular weight is 668 g/mol. The average Bonchev–Trinajstić information content (AvgIpc) is 3.81. The van der Waals surface area contributed by atoms with Crippen LogP contribution in [-0.2, 0) is 5.41 Å². The van der Waals surface area contributed by atoms with Gasteiger partial charge in [0.2, 0.25) is 0 Å². The normalized spacial score (nSPS) is 13.3. The molecule has 11 rings (SSSR count). The molecule has 0 saturated heterocycles. The van der Waals surface area contributed by atoms with Gasteiger partial charge in [0.1, 0.15) is 22.3 Å². The standard InChI is InChI=1S/C49H33NO2/c1-49(2)41-18-8-5-14-34(41)35-24-22-33(29-42(35)49)50(32-23-25-45-39(28-32)37-16-7-10-20-44(37)51-45)43-19-9-6-15-36(43)38-17-11-21-46-48(38)40-26-30-12-3-4-13-31(30)27-47(40)52-46/h3-29H,1-2H3. The molecule has 0 aliphatic heterocycles. The number of hydrogen-bond donors (Lipinski definition) is 0. The third-order valence-electron chi connectivity index (χ3n) is 11.2. The largest absolute Gasteiger partial charge is 0.456 e. The zero-order chi connectivity index (χ0) is 34.6. The van der Waals surface area contributed by atoms with Crippen LogP contribution in [0.4, 0.5) is 17.1 Å². The van der Waals surface area contributed by atoms with Crippen molar-refractivity contribution in [1.29, 1.82) is 0 Å². The summed E-state index contributed by atoms with van der Waals surface area (Å²) in [6.45, 7) is 4.69. The van der Waals surface area contributed by atoms with Gasteiger partial charge in [-0.1, -0.05) is 117 Å². The maximum atomic E-state index is 6.55. The Balaban J connectivity index is 1.18. The number of para-hydroxylation sites is 2. The highest BCUT2D eigenvalue weighted by Crippen LogP contribution is 2.52. The highest BCUT2D eigenvalue weighted by molar-refractivity contribution is 6.17. The molecule has 0 amide bonds. The Morgan fingerprint density at radius 2 is 1.04 bits per heavy atom. The van der Waals surface area contributed by atoms with E-state index in [1.807, 2.05) is 12.1 Å². The highest BCUT2D eigenvalue weighted by Gasteiger charge is 2.36. The van der Waals surface area contributed by atoms with Crippen LogP contribution in [0.1, 0.15) is 25.0 Å². The van der Waals surface area contributed by atoms with Crippen LogP contribution in [0.5, 0.6) is 0 Å². The fourth-order valence-electron chi connectivity index (χ4n) is 8.74. The van der Waals surface area contributed by atoms with Gasteiger partial charge in [-0.05, 0) is 99.3 Å². The Labute approximate surface area is 301 Å². The number of rotatable bonds is 4. The van der Waals surface area contributed by atoms with Crippen molar-refractivity contribution in [2.45, 2.75) is 19.3 Å². The summed E-state index contributed by atoms with van der Waals surface area (Å²) in [5, 5.41) is 6.82. The molecule has 3 heteroatoms. The molecule has 2 aromatic heterocycles. The van der Waals surface area contributed by atoms with Gasteiger partial charge < -0.3 is 13.7 Å². The third kappa shape index (κ3) is 4.14. The van der Waals surface area contributed by atoms with Crippen LogP contribution in [-0.4, -0.2) is 0 Å². The van der Waals surface area contributed by atoms with E-state index in [0.29, 0.717) is 0 Å². The van der Waals surface area contributed by atoms with E-state index in [0.717, 1.165) is 72.1 Å². The van der Waals surface area contributed by atoms with E-state index in [1.165, 1.54) is 33.0 Å². The van der Waals surface area contributed by atoms with E-state index in [1.54, 1.807) is 0 Å². The lowest BCUT2D eigenvalue weighted by atomic mass is 9.82. The molecule has 0 N–H and O–H groups in total. The summed E-state index contributed by atoms with van der Waals surface area (Å²) < 4.78 is 12.8. The predicted molar refractivity (Wildman–Crippen MR) is 216 cm³/mol. The Kier molecular flexibility index (Phi) is 6.01. The maximum absolute atomic E-state index is 6.55. The Morgan fingerprint density at radius 1 is 0.404 bits per heavy atom. The number of hydrogen-bond acceptors (Lipinski definition) is 3. The van der Waals surface area contributed by atoms with Gasteiger partial charge in [0.15, 0.2) is 0 Å². The van der Waals surface area contributed by atoms with Gasteiger partial charge in [-0.25, -0.2) is 0 Å². The van der Waals surface area contributed by atoms with Crippen molar-refractivity contribution in [2.75, 3.05) is 4.90 Å². The molecule has 1 aliphatic carbocycles. The molecule has 2 heterocycles. The molecular weight excluding hydrogens is 635 g/mol. The van der Waals surface area contributed by atoms with Crippen LogP contribution in [0.3, 0.4) is 0 Å². The Hall–Kier alpha value is -6.58. The fourth-order valence-corrected chi connectivity index (χ4v) is 8.74. The van der Waals surface area contributed by atoms with Crippen LogP contribution in [0, 0.1) is 0 Å². The molecule has 52 heavy (non-hydrogen) atoms. The van der Waals surface area contributed by atoms with E-state index in [-0.39, 0.29) is 5.41 Å². The fraction of sp³-hybridized carbons (Fsp3) is 0.0612. The monoisotopic (exact) mass is 667 g/mol. The second-order valence-electron chi connectivity index (χ2n) is 14.5.